The lowest BCUT2D eigenvalue weighted by atomic mass is 9.84. The summed E-state index contributed by atoms with van der Waals surface area (Å²) in [5.41, 5.74) is -0.0799. The third kappa shape index (κ3) is 8.49. The molecule has 172 valence electrons. The van der Waals surface area contributed by atoms with Crippen LogP contribution in [-0.2, 0) is 14.8 Å². The second-order valence-electron chi connectivity index (χ2n) is 8.15. The Morgan fingerprint density at radius 2 is 1.79 bits per heavy atom. The first-order valence-corrected chi connectivity index (χ1v) is 12.6. The number of sulfonamides is 1. The summed E-state index contributed by atoms with van der Waals surface area (Å²) >= 11 is 0. The molecule has 0 aromatic rings. The fraction of sp³-hybridized carbons (Fsp3) is 0.950. The topological polar surface area (TPSA) is 83.0 Å². The number of guanidine groups is 1. The van der Waals surface area contributed by atoms with Crippen LogP contribution in [0.5, 0.6) is 0 Å². The summed E-state index contributed by atoms with van der Waals surface area (Å²) in [7, 11) is -1.30. The summed E-state index contributed by atoms with van der Waals surface area (Å²) in [5, 5.41) is 6.96. The Kier molecular flexibility index (Phi) is 12.4. The number of nitrogens with one attached hydrogen (secondary N) is 2. The van der Waals surface area contributed by atoms with Gasteiger partial charge in [-0.2, -0.15) is 0 Å². The van der Waals surface area contributed by atoms with Crippen molar-refractivity contribution in [2.45, 2.75) is 83.3 Å². The second-order valence-corrected chi connectivity index (χ2v) is 10.2. The van der Waals surface area contributed by atoms with Crippen LogP contribution in [-0.4, -0.2) is 69.4 Å². The van der Waals surface area contributed by atoms with Crippen molar-refractivity contribution in [3.8, 4) is 0 Å². The third-order valence-electron chi connectivity index (χ3n) is 5.83. The highest BCUT2D eigenvalue weighted by Gasteiger charge is 2.33. The minimum absolute atomic E-state index is 0. The van der Waals surface area contributed by atoms with Gasteiger partial charge in [-0.3, -0.25) is 4.99 Å². The van der Waals surface area contributed by atoms with E-state index in [0.717, 1.165) is 51.2 Å². The lowest BCUT2D eigenvalue weighted by Gasteiger charge is -2.38. The summed E-state index contributed by atoms with van der Waals surface area (Å²) in [6.07, 6.45) is 9.26. The zero-order valence-electron chi connectivity index (χ0n) is 18.4. The predicted molar refractivity (Wildman–Crippen MR) is 131 cm³/mol. The number of aliphatic imine (C=N–C) groups is 1. The van der Waals surface area contributed by atoms with E-state index in [4.69, 9.17) is 4.74 Å². The minimum atomic E-state index is -3.09. The van der Waals surface area contributed by atoms with E-state index >= 15 is 0 Å². The third-order valence-corrected chi connectivity index (χ3v) is 7.91. The monoisotopic (exact) mass is 544 g/mol. The standard InChI is InChI=1S/C20H40N4O3S.HI/c1-4-15-27-20(11-7-6-8-12-20)17-22-19(21-3)23-18-9-13-24(14-10-18)28(25,26)16-5-2;/h18H,4-17H2,1-3H3,(H2,21,22,23);1H. The fourth-order valence-electron chi connectivity index (χ4n) is 4.18. The van der Waals surface area contributed by atoms with E-state index in [1.54, 1.807) is 11.4 Å². The molecule has 0 atom stereocenters. The molecule has 0 aromatic heterocycles. The van der Waals surface area contributed by atoms with Gasteiger partial charge in [0.25, 0.3) is 0 Å². The number of rotatable bonds is 9. The molecule has 0 unspecified atom stereocenters. The maximum absolute atomic E-state index is 12.2. The molecule has 0 radical (unpaired) electrons. The van der Waals surface area contributed by atoms with Gasteiger partial charge in [-0.15, -0.1) is 24.0 Å². The Balaban J connectivity index is 0.00000420. The Hall–Kier alpha value is -0.130. The van der Waals surface area contributed by atoms with Crippen molar-refractivity contribution in [1.82, 2.24) is 14.9 Å². The van der Waals surface area contributed by atoms with E-state index in [-0.39, 0.29) is 41.4 Å². The molecule has 2 fully saturated rings. The Labute approximate surface area is 194 Å². The Morgan fingerprint density at radius 1 is 1.14 bits per heavy atom. The Morgan fingerprint density at radius 3 is 2.34 bits per heavy atom. The first-order chi connectivity index (χ1) is 13.4. The van der Waals surface area contributed by atoms with Crippen molar-refractivity contribution in [3.63, 3.8) is 0 Å². The molecule has 2 N–H and O–H groups in total. The van der Waals surface area contributed by atoms with Gasteiger partial charge in [0.15, 0.2) is 5.96 Å². The number of hydrogen-bond acceptors (Lipinski definition) is 4. The lowest BCUT2D eigenvalue weighted by Crippen LogP contribution is -2.53. The smallest absolute Gasteiger partial charge is 0.214 e. The summed E-state index contributed by atoms with van der Waals surface area (Å²) in [6.45, 7) is 6.80. The molecule has 2 rings (SSSR count). The molecule has 1 aliphatic carbocycles. The van der Waals surface area contributed by atoms with E-state index in [1.807, 2.05) is 6.92 Å². The van der Waals surface area contributed by atoms with Gasteiger partial charge in [0.2, 0.25) is 10.0 Å². The molecule has 1 saturated carbocycles. The van der Waals surface area contributed by atoms with E-state index in [2.05, 4.69) is 22.5 Å². The zero-order valence-corrected chi connectivity index (χ0v) is 21.6. The summed E-state index contributed by atoms with van der Waals surface area (Å²) in [6, 6.07) is 0.248. The number of halogens is 1. The van der Waals surface area contributed by atoms with E-state index in [1.165, 1.54) is 19.3 Å². The second kappa shape index (κ2) is 13.3. The minimum Gasteiger partial charge on any atom is -0.373 e. The quantitative estimate of drug-likeness (QED) is 0.265. The normalized spacial score (nSPS) is 21.4. The van der Waals surface area contributed by atoms with Crippen molar-refractivity contribution in [2.75, 3.05) is 39.0 Å². The number of ether oxygens (including phenoxy) is 1. The summed E-state index contributed by atoms with van der Waals surface area (Å²) in [5.74, 6) is 1.04. The van der Waals surface area contributed by atoms with Crippen molar-refractivity contribution in [1.29, 1.82) is 0 Å². The molecule has 1 aliphatic heterocycles. The molecule has 9 heteroatoms. The van der Waals surface area contributed by atoms with Crippen LogP contribution in [0.4, 0.5) is 0 Å². The molecule has 0 spiro atoms. The highest BCUT2D eigenvalue weighted by Crippen LogP contribution is 2.31. The molecule has 1 heterocycles. The molecule has 2 aliphatic rings. The van der Waals surface area contributed by atoms with Crippen molar-refractivity contribution < 1.29 is 13.2 Å². The SMILES string of the molecule is CCCOC1(CNC(=NC)NC2CCN(S(=O)(=O)CCC)CC2)CCCCC1.I. The van der Waals surface area contributed by atoms with Gasteiger partial charge >= 0.3 is 0 Å². The molecule has 0 amide bonds. The van der Waals surface area contributed by atoms with Crippen molar-refractivity contribution in [2.24, 2.45) is 4.99 Å². The van der Waals surface area contributed by atoms with Gasteiger partial charge in [-0.05, 0) is 38.5 Å². The van der Waals surface area contributed by atoms with E-state index in [9.17, 15) is 8.42 Å². The van der Waals surface area contributed by atoms with Crippen LogP contribution in [0.3, 0.4) is 0 Å². The average molecular weight is 545 g/mol. The maximum Gasteiger partial charge on any atom is 0.214 e. The Bertz CT molecular complexity index is 587. The summed E-state index contributed by atoms with van der Waals surface area (Å²) < 4.78 is 32.4. The number of piperidine rings is 1. The van der Waals surface area contributed by atoms with Crippen LogP contribution in [0.15, 0.2) is 4.99 Å². The number of nitrogens with zero attached hydrogens (tertiary/aromatic N) is 2. The zero-order chi connectivity index (χ0) is 20.5. The highest BCUT2D eigenvalue weighted by molar-refractivity contribution is 14.0. The van der Waals surface area contributed by atoms with E-state index in [0.29, 0.717) is 19.5 Å². The van der Waals surface area contributed by atoms with Crippen LogP contribution in [0.25, 0.3) is 0 Å². The van der Waals surface area contributed by atoms with Gasteiger partial charge in [0, 0.05) is 39.3 Å². The van der Waals surface area contributed by atoms with E-state index < -0.39 is 10.0 Å². The largest absolute Gasteiger partial charge is 0.373 e. The molecule has 1 saturated heterocycles. The molecular formula is C20H41IN4O3S. The average Bonchev–Trinajstić information content (AvgIpc) is 2.71. The van der Waals surface area contributed by atoms with Crippen LogP contribution in [0.1, 0.15) is 71.6 Å². The molecular weight excluding hydrogens is 503 g/mol. The van der Waals surface area contributed by atoms with Gasteiger partial charge in [-0.1, -0.05) is 33.1 Å². The van der Waals surface area contributed by atoms with Crippen molar-refractivity contribution in [3.05, 3.63) is 0 Å². The van der Waals surface area contributed by atoms with Crippen LogP contribution in [0, 0.1) is 0 Å². The predicted octanol–water partition coefficient (Wildman–Crippen LogP) is 3.10. The van der Waals surface area contributed by atoms with Gasteiger partial charge < -0.3 is 15.4 Å². The fourth-order valence-corrected chi connectivity index (χ4v) is 5.73. The summed E-state index contributed by atoms with van der Waals surface area (Å²) in [4.78, 5) is 4.38. The maximum atomic E-state index is 12.2. The van der Waals surface area contributed by atoms with Gasteiger partial charge in [0.05, 0.1) is 11.4 Å². The first-order valence-electron chi connectivity index (χ1n) is 11.0. The molecule has 7 nitrogen and oxygen atoms in total. The molecule has 0 bridgehead atoms. The first kappa shape index (κ1) is 26.9. The highest BCUT2D eigenvalue weighted by atomic mass is 127. The van der Waals surface area contributed by atoms with Crippen LogP contribution >= 0.6 is 24.0 Å². The number of hydrogen-bond donors (Lipinski definition) is 2. The van der Waals surface area contributed by atoms with Crippen molar-refractivity contribution >= 4 is 40.0 Å². The lowest BCUT2D eigenvalue weighted by molar-refractivity contribution is -0.0657. The van der Waals surface area contributed by atoms with Gasteiger partial charge in [-0.25, -0.2) is 12.7 Å². The molecule has 0 aromatic carbocycles. The van der Waals surface area contributed by atoms with Crippen LogP contribution in [0.2, 0.25) is 0 Å². The van der Waals surface area contributed by atoms with Crippen LogP contribution < -0.4 is 10.6 Å². The van der Waals surface area contributed by atoms with Gasteiger partial charge in [0.1, 0.15) is 0 Å². The molecule has 29 heavy (non-hydrogen) atoms.